The first-order chi connectivity index (χ1) is 11.2. The number of carbonyl (C=O) groups excluding carboxylic acids is 2. The third kappa shape index (κ3) is 3.45. The number of hydrogen-bond acceptors (Lipinski definition) is 3. The monoisotopic (exact) mass is 328 g/mol. The first kappa shape index (κ1) is 15.7. The number of para-hydroxylation sites is 1. The minimum absolute atomic E-state index is 0.0295. The van der Waals surface area contributed by atoms with Gasteiger partial charge in [-0.1, -0.05) is 25.0 Å². The standard InChI is InChI=1S/C18H20N2O2S/c1-20(14-6-2-3-7-14)18(22)15-8-4-5-9-16(15)19-17(21)13-10-11-23-12-13/h4-5,8-12,14H,2-3,6-7H2,1H3,(H,19,21). The number of amides is 2. The lowest BCUT2D eigenvalue weighted by Gasteiger charge is -2.25. The van der Waals surface area contributed by atoms with E-state index in [9.17, 15) is 9.59 Å². The first-order valence-electron chi connectivity index (χ1n) is 7.86. The molecule has 2 aromatic rings. The van der Waals surface area contributed by atoms with Crippen molar-refractivity contribution in [1.82, 2.24) is 4.90 Å². The van der Waals surface area contributed by atoms with E-state index < -0.39 is 0 Å². The second-order valence-electron chi connectivity index (χ2n) is 5.87. The Balaban J connectivity index is 1.79. The zero-order chi connectivity index (χ0) is 16.2. The molecule has 1 saturated carbocycles. The van der Waals surface area contributed by atoms with E-state index in [0.29, 0.717) is 22.9 Å². The van der Waals surface area contributed by atoms with Crippen molar-refractivity contribution in [2.45, 2.75) is 31.7 Å². The maximum atomic E-state index is 12.8. The number of benzene rings is 1. The number of hydrogen-bond donors (Lipinski definition) is 1. The molecule has 0 unspecified atom stereocenters. The zero-order valence-electron chi connectivity index (χ0n) is 13.1. The molecule has 0 aliphatic heterocycles. The van der Waals surface area contributed by atoms with Crippen LogP contribution < -0.4 is 5.32 Å². The van der Waals surface area contributed by atoms with Crippen LogP contribution in [0.3, 0.4) is 0 Å². The summed E-state index contributed by atoms with van der Waals surface area (Å²) < 4.78 is 0. The van der Waals surface area contributed by atoms with Crippen LogP contribution in [0.25, 0.3) is 0 Å². The summed E-state index contributed by atoms with van der Waals surface area (Å²) in [7, 11) is 1.86. The molecule has 23 heavy (non-hydrogen) atoms. The van der Waals surface area contributed by atoms with Gasteiger partial charge in [0.1, 0.15) is 0 Å². The van der Waals surface area contributed by atoms with Gasteiger partial charge in [0.25, 0.3) is 11.8 Å². The highest BCUT2D eigenvalue weighted by Crippen LogP contribution is 2.26. The molecule has 1 N–H and O–H groups in total. The predicted octanol–water partition coefficient (Wildman–Crippen LogP) is 4.02. The smallest absolute Gasteiger partial charge is 0.256 e. The van der Waals surface area contributed by atoms with Gasteiger partial charge in [-0.25, -0.2) is 0 Å². The molecule has 1 aliphatic rings. The van der Waals surface area contributed by atoms with Gasteiger partial charge in [0, 0.05) is 18.5 Å². The van der Waals surface area contributed by atoms with Gasteiger partial charge in [-0.3, -0.25) is 9.59 Å². The van der Waals surface area contributed by atoms with Gasteiger partial charge in [-0.05, 0) is 36.4 Å². The summed E-state index contributed by atoms with van der Waals surface area (Å²) in [6, 6.07) is 9.29. The fraction of sp³-hybridized carbons (Fsp3) is 0.333. The third-order valence-electron chi connectivity index (χ3n) is 4.38. The van der Waals surface area contributed by atoms with Crippen LogP contribution >= 0.6 is 11.3 Å². The Morgan fingerprint density at radius 3 is 2.61 bits per heavy atom. The van der Waals surface area contributed by atoms with Gasteiger partial charge in [-0.15, -0.1) is 0 Å². The van der Waals surface area contributed by atoms with E-state index in [1.807, 2.05) is 29.5 Å². The number of rotatable bonds is 4. The van der Waals surface area contributed by atoms with Gasteiger partial charge >= 0.3 is 0 Å². The average Bonchev–Trinajstić information content (AvgIpc) is 3.27. The summed E-state index contributed by atoms with van der Waals surface area (Å²) in [5, 5.41) is 6.52. The highest BCUT2D eigenvalue weighted by atomic mass is 32.1. The Kier molecular flexibility index (Phi) is 4.76. The van der Waals surface area contributed by atoms with E-state index in [2.05, 4.69) is 5.32 Å². The van der Waals surface area contributed by atoms with Crippen molar-refractivity contribution in [1.29, 1.82) is 0 Å². The molecule has 1 aliphatic carbocycles. The Morgan fingerprint density at radius 1 is 1.17 bits per heavy atom. The van der Waals surface area contributed by atoms with Crippen LogP contribution in [-0.4, -0.2) is 29.8 Å². The lowest BCUT2D eigenvalue weighted by atomic mass is 10.1. The Hall–Kier alpha value is -2.14. The number of nitrogens with zero attached hydrogens (tertiary/aromatic N) is 1. The Morgan fingerprint density at radius 2 is 1.91 bits per heavy atom. The highest BCUT2D eigenvalue weighted by molar-refractivity contribution is 7.08. The van der Waals surface area contributed by atoms with Crippen LogP contribution in [0.2, 0.25) is 0 Å². The number of carbonyl (C=O) groups is 2. The summed E-state index contributed by atoms with van der Waals surface area (Å²) >= 11 is 1.47. The summed E-state index contributed by atoms with van der Waals surface area (Å²) in [4.78, 5) is 26.9. The lowest BCUT2D eigenvalue weighted by Crippen LogP contribution is -2.35. The topological polar surface area (TPSA) is 49.4 Å². The fourth-order valence-corrected chi connectivity index (χ4v) is 3.65. The molecule has 4 nitrogen and oxygen atoms in total. The molecule has 3 rings (SSSR count). The van der Waals surface area contributed by atoms with Crippen molar-refractivity contribution < 1.29 is 9.59 Å². The average molecular weight is 328 g/mol. The summed E-state index contributed by atoms with van der Waals surface area (Å²) in [6.07, 6.45) is 4.48. The number of nitrogens with one attached hydrogen (secondary N) is 1. The van der Waals surface area contributed by atoms with Crippen molar-refractivity contribution in [3.05, 3.63) is 52.2 Å². The molecule has 0 radical (unpaired) electrons. The van der Waals surface area contributed by atoms with E-state index in [0.717, 1.165) is 12.8 Å². The lowest BCUT2D eigenvalue weighted by molar-refractivity contribution is 0.0736. The van der Waals surface area contributed by atoms with Gasteiger partial charge in [0.2, 0.25) is 0 Å². The second-order valence-corrected chi connectivity index (χ2v) is 6.65. The van der Waals surface area contributed by atoms with Crippen molar-refractivity contribution in [2.75, 3.05) is 12.4 Å². The minimum atomic E-state index is -0.185. The summed E-state index contributed by atoms with van der Waals surface area (Å²) in [5.41, 5.74) is 1.73. The quantitative estimate of drug-likeness (QED) is 0.921. The van der Waals surface area contributed by atoms with Crippen LogP contribution in [0.1, 0.15) is 46.4 Å². The van der Waals surface area contributed by atoms with E-state index >= 15 is 0 Å². The number of anilines is 1. The van der Waals surface area contributed by atoms with Crippen molar-refractivity contribution in [3.8, 4) is 0 Å². The second kappa shape index (κ2) is 6.96. The van der Waals surface area contributed by atoms with Gasteiger partial charge in [-0.2, -0.15) is 11.3 Å². The maximum Gasteiger partial charge on any atom is 0.256 e. The highest BCUT2D eigenvalue weighted by Gasteiger charge is 2.25. The van der Waals surface area contributed by atoms with E-state index in [1.165, 1.54) is 24.2 Å². The predicted molar refractivity (Wildman–Crippen MR) is 93.1 cm³/mol. The largest absolute Gasteiger partial charge is 0.339 e. The molecule has 1 heterocycles. The zero-order valence-corrected chi connectivity index (χ0v) is 13.9. The van der Waals surface area contributed by atoms with Crippen LogP contribution in [0, 0.1) is 0 Å². The molecule has 0 atom stereocenters. The molecule has 2 amide bonds. The SMILES string of the molecule is CN(C(=O)c1ccccc1NC(=O)c1ccsc1)C1CCCC1. The molecule has 0 bridgehead atoms. The molecular formula is C18H20N2O2S. The van der Waals surface area contributed by atoms with E-state index in [4.69, 9.17) is 0 Å². The summed E-state index contributed by atoms with van der Waals surface area (Å²) in [5.74, 6) is -0.215. The molecule has 1 aromatic heterocycles. The molecule has 1 fully saturated rings. The fourth-order valence-electron chi connectivity index (χ4n) is 3.01. The Labute approximate surface area is 140 Å². The molecule has 0 spiro atoms. The molecule has 1 aromatic carbocycles. The van der Waals surface area contributed by atoms with Gasteiger partial charge < -0.3 is 10.2 Å². The van der Waals surface area contributed by atoms with Crippen molar-refractivity contribution in [2.24, 2.45) is 0 Å². The number of thiophene rings is 1. The minimum Gasteiger partial charge on any atom is -0.339 e. The first-order valence-corrected chi connectivity index (χ1v) is 8.81. The van der Waals surface area contributed by atoms with Crippen LogP contribution in [0.15, 0.2) is 41.1 Å². The third-order valence-corrected chi connectivity index (χ3v) is 5.07. The van der Waals surface area contributed by atoms with Crippen molar-refractivity contribution in [3.63, 3.8) is 0 Å². The molecule has 0 saturated heterocycles. The molecule has 120 valence electrons. The van der Waals surface area contributed by atoms with Gasteiger partial charge in [0.05, 0.1) is 16.8 Å². The van der Waals surface area contributed by atoms with Crippen LogP contribution in [-0.2, 0) is 0 Å². The van der Waals surface area contributed by atoms with Crippen LogP contribution in [0.4, 0.5) is 5.69 Å². The summed E-state index contributed by atoms with van der Waals surface area (Å²) in [6.45, 7) is 0. The molecule has 5 heteroatoms. The van der Waals surface area contributed by atoms with Gasteiger partial charge in [0.15, 0.2) is 0 Å². The molecular weight excluding hydrogens is 308 g/mol. The van der Waals surface area contributed by atoms with Crippen molar-refractivity contribution >= 4 is 28.8 Å². The van der Waals surface area contributed by atoms with E-state index in [1.54, 1.807) is 23.6 Å². The normalized spacial score (nSPS) is 14.7. The van der Waals surface area contributed by atoms with Crippen LogP contribution in [0.5, 0.6) is 0 Å². The maximum absolute atomic E-state index is 12.8. The van der Waals surface area contributed by atoms with E-state index in [-0.39, 0.29) is 11.8 Å². The Bertz CT molecular complexity index is 691.